The minimum Gasteiger partial charge on any atom is -0.464 e. The summed E-state index contributed by atoms with van der Waals surface area (Å²) in [7, 11) is 1.35. The van der Waals surface area contributed by atoms with Crippen molar-refractivity contribution in [3.05, 3.63) is 65.5 Å². The number of carbonyl (C=O) groups is 2. The SMILES string of the molecule is COC(=O)c1cccc(CN2CCN3C(=O)OCC3(Cc3ccccc3)C2)n1. The highest BCUT2D eigenvalue weighted by atomic mass is 16.6. The van der Waals surface area contributed by atoms with Gasteiger partial charge in [0.1, 0.15) is 12.3 Å². The van der Waals surface area contributed by atoms with E-state index in [-0.39, 0.29) is 11.6 Å². The van der Waals surface area contributed by atoms with Crippen LogP contribution in [0.1, 0.15) is 21.7 Å². The van der Waals surface area contributed by atoms with Crippen LogP contribution in [-0.2, 0) is 22.4 Å². The smallest absolute Gasteiger partial charge is 0.410 e. The Morgan fingerprint density at radius 2 is 2.00 bits per heavy atom. The van der Waals surface area contributed by atoms with Crippen molar-refractivity contribution in [2.45, 2.75) is 18.5 Å². The molecule has 2 aromatic rings. The predicted octanol–water partition coefficient (Wildman–Crippen LogP) is 2.12. The van der Waals surface area contributed by atoms with Crippen molar-refractivity contribution in [2.24, 2.45) is 0 Å². The van der Waals surface area contributed by atoms with Gasteiger partial charge in [0.25, 0.3) is 0 Å². The highest BCUT2D eigenvalue weighted by molar-refractivity contribution is 5.87. The molecule has 2 saturated heterocycles. The third-order valence-electron chi connectivity index (χ3n) is 5.38. The van der Waals surface area contributed by atoms with Gasteiger partial charge in [-0.2, -0.15) is 0 Å². The summed E-state index contributed by atoms with van der Waals surface area (Å²) in [6, 6.07) is 15.5. The number of hydrogen-bond acceptors (Lipinski definition) is 6. The van der Waals surface area contributed by atoms with E-state index < -0.39 is 5.97 Å². The molecule has 2 aliphatic rings. The topological polar surface area (TPSA) is 72.0 Å². The van der Waals surface area contributed by atoms with Gasteiger partial charge in [0, 0.05) is 32.6 Å². The van der Waals surface area contributed by atoms with Gasteiger partial charge in [-0.05, 0) is 17.7 Å². The van der Waals surface area contributed by atoms with E-state index in [4.69, 9.17) is 9.47 Å². The minimum atomic E-state index is -0.443. The lowest BCUT2D eigenvalue weighted by Crippen LogP contribution is -2.62. The molecule has 1 atom stereocenters. The first-order valence-electron chi connectivity index (χ1n) is 9.35. The van der Waals surface area contributed by atoms with Gasteiger partial charge in [0.15, 0.2) is 0 Å². The zero-order valence-corrected chi connectivity index (χ0v) is 15.8. The monoisotopic (exact) mass is 381 g/mol. The summed E-state index contributed by atoms with van der Waals surface area (Å²) in [5.41, 5.74) is 1.91. The first-order chi connectivity index (χ1) is 13.6. The quantitative estimate of drug-likeness (QED) is 0.739. The highest BCUT2D eigenvalue weighted by Crippen LogP contribution is 2.32. The number of esters is 1. The van der Waals surface area contributed by atoms with Gasteiger partial charge in [0.2, 0.25) is 0 Å². The summed E-state index contributed by atoms with van der Waals surface area (Å²) in [4.78, 5) is 32.5. The Hall–Kier alpha value is -2.93. The van der Waals surface area contributed by atoms with E-state index in [2.05, 4.69) is 22.0 Å². The fourth-order valence-corrected chi connectivity index (χ4v) is 4.07. The van der Waals surface area contributed by atoms with Gasteiger partial charge < -0.3 is 9.47 Å². The molecule has 0 bridgehead atoms. The van der Waals surface area contributed by atoms with Gasteiger partial charge in [-0.3, -0.25) is 9.80 Å². The van der Waals surface area contributed by atoms with Crippen molar-refractivity contribution in [2.75, 3.05) is 33.4 Å². The van der Waals surface area contributed by atoms with Crippen LogP contribution in [0.2, 0.25) is 0 Å². The van der Waals surface area contributed by atoms with Crippen LogP contribution in [-0.4, -0.2) is 65.7 Å². The van der Waals surface area contributed by atoms with Crippen LogP contribution in [0.25, 0.3) is 0 Å². The predicted molar refractivity (Wildman–Crippen MR) is 102 cm³/mol. The van der Waals surface area contributed by atoms with Crippen molar-refractivity contribution in [1.29, 1.82) is 0 Å². The molecule has 7 heteroatoms. The fourth-order valence-electron chi connectivity index (χ4n) is 4.07. The number of benzene rings is 1. The molecule has 28 heavy (non-hydrogen) atoms. The molecular weight excluding hydrogens is 358 g/mol. The van der Waals surface area contributed by atoms with Crippen LogP contribution in [0.3, 0.4) is 0 Å². The highest BCUT2D eigenvalue weighted by Gasteiger charge is 2.50. The molecule has 2 aliphatic heterocycles. The number of aromatic nitrogens is 1. The van der Waals surface area contributed by atoms with E-state index in [1.165, 1.54) is 12.7 Å². The molecular formula is C21H23N3O4. The Balaban J connectivity index is 1.53. The van der Waals surface area contributed by atoms with Gasteiger partial charge in [-0.25, -0.2) is 14.6 Å². The van der Waals surface area contributed by atoms with Crippen LogP contribution in [0.15, 0.2) is 48.5 Å². The van der Waals surface area contributed by atoms with E-state index in [1.54, 1.807) is 6.07 Å². The maximum Gasteiger partial charge on any atom is 0.410 e. The average molecular weight is 381 g/mol. The maximum absolute atomic E-state index is 12.2. The van der Waals surface area contributed by atoms with E-state index in [0.29, 0.717) is 31.9 Å². The van der Waals surface area contributed by atoms with Crippen LogP contribution < -0.4 is 0 Å². The largest absolute Gasteiger partial charge is 0.464 e. The number of amides is 1. The van der Waals surface area contributed by atoms with Crippen molar-refractivity contribution >= 4 is 12.1 Å². The van der Waals surface area contributed by atoms with Crippen LogP contribution in [0.4, 0.5) is 4.79 Å². The third kappa shape index (κ3) is 3.57. The van der Waals surface area contributed by atoms with Crippen LogP contribution >= 0.6 is 0 Å². The number of piperazine rings is 1. The summed E-state index contributed by atoms with van der Waals surface area (Å²) in [5, 5.41) is 0. The maximum atomic E-state index is 12.2. The Bertz CT molecular complexity index is 873. The molecule has 0 radical (unpaired) electrons. The Labute approximate surface area is 163 Å². The molecule has 1 aromatic carbocycles. The number of carbonyl (C=O) groups excluding carboxylic acids is 2. The van der Waals surface area contributed by atoms with Crippen LogP contribution in [0, 0.1) is 0 Å². The zero-order valence-electron chi connectivity index (χ0n) is 15.8. The molecule has 1 amide bonds. The molecule has 7 nitrogen and oxygen atoms in total. The lowest BCUT2D eigenvalue weighted by Gasteiger charge is -2.44. The number of ether oxygens (including phenoxy) is 2. The van der Waals surface area contributed by atoms with E-state index in [0.717, 1.165) is 18.7 Å². The Morgan fingerprint density at radius 3 is 2.79 bits per heavy atom. The summed E-state index contributed by atoms with van der Waals surface area (Å²) in [6.07, 6.45) is 0.507. The molecule has 0 spiro atoms. The average Bonchev–Trinajstić information content (AvgIpc) is 3.04. The second kappa shape index (κ2) is 7.59. The van der Waals surface area contributed by atoms with E-state index in [9.17, 15) is 9.59 Å². The first-order valence-corrected chi connectivity index (χ1v) is 9.35. The molecule has 0 N–H and O–H groups in total. The summed E-state index contributed by atoms with van der Waals surface area (Å²) in [6.45, 7) is 3.02. The summed E-state index contributed by atoms with van der Waals surface area (Å²) < 4.78 is 10.2. The molecule has 1 aromatic heterocycles. The van der Waals surface area contributed by atoms with Gasteiger partial charge in [0.05, 0.1) is 18.3 Å². The van der Waals surface area contributed by atoms with Crippen molar-refractivity contribution < 1.29 is 19.1 Å². The number of rotatable bonds is 5. The Morgan fingerprint density at radius 1 is 1.18 bits per heavy atom. The summed E-state index contributed by atoms with van der Waals surface area (Å²) >= 11 is 0. The number of fused-ring (bicyclic) bond motifs is 1. The zero-order chi connectivity index (χ0) is 19.6. The molecule has 0 aliphatic carbocycles. The number of methoxy groups -OCH3 is 1. The number of cyclic esters (lactones) is 1. The molecule has 3 heterocycles. The van der Waals surface area contributed by atoms with Gasteiger partial charge in [-0.15, -0.1) is 0 Å². The van der Waals surface area contributed by atoms with Crippen molar-refractivity contribution in [3.8, 4) is 0 Å². The molecule has 1 unspecified atom stereocenters. The normalized spacial score (nSPS) is 21.9. The Kier molecular flexibility index (Phi) is 5.00. The summed E-state index contributed by atoms with van der Waals surface area (Å²) in [5.74, 6) is -0.443. The van der Waals surface area contributed by atoms with Crippen molar-refractivity contribution in [3.63, 3.8) is 0 Å². The molecule has 4 rings (SSSR count). The number of hydrogen-bond donors (Lipinski definition) is 0. The second-order valence-electron chi connectivity index (χ2n) is 7.31. The third-order valence-corrected chi connectivity index (χ3v) is 5.38. The standard InChI is InChI=1S/C21H23N3O4/c1-27-19(25)18-9-5-8-17(22-18)13-23-10-11-24-20(26)28-15-21(24,14-23)12-16-6-3-2-4-7-16/h2-9H,10-15H2,1H3. The number of pyridine rings is 1. The molecule has 146 valence electrons. The first kappa shape index (κ1) is 18.4. The van der Waals surface area contributed by atoms with Crippen molar-refractivity contribution in [1.82, 2.24) is 14.8 Å². The molecule has 0 saturated carbocycles. The fraction of sp³-hybridized carbons (Fsp3) is 0.381. The lowest BCUT2D eigenvalue weighted by molar-refractivity contribution is 0.0467. The second-order valence-corrected chi connectivity index (χ2v) is 7.31. The molecule has 2 fully saturated rings. The minimum absolute atomic E-state index is 0.235. The van der Waals surface area contributed by atoms with Gasteiger partial charge in [-0.1, -0.05) is 36.4 Å². The van der Waals surface area contributed by atoms with E-state index in [1.807, 2.05) is 35.2 Å². The number of nitrogens with zero attached hydrogens (tertiary/aromatic N) is 3. The van der Waals surface area contributed by atoms with Gasteiger partial charge >= 0.3 is 12.1 Å². The lowest BCUT2D eigenvalue weighted by atomic mass is 9.88. The van der Waals surface area contributed by atoms with E-state index >= 15 is 0 Å². The van der Waals surface area contributed by atoms with Crippen LogP contribution in [0.5, 0.6) is 0 Å².